The van der Waals surface area contributed by atoms with Crippen LogP contribution in [0.15, 0.2) is 0 Å². The lowest BCUT2D eigenvalue weighted by atomic mass is 9.95. The van der Waals surface area contributed by atoms with E-state index in [1.165, 1.54) is 32.4 Å². The average molecular weight is 198 g/mol. The number of rotatable bonds is 4. The summed E-state index contributed by atoms with van der Waals surface area (Å²) >= 11 is 0. The van der Waals surface area contributed by atoms with Gasteiger partial charge in [0.1, 0.15) is 0 Å². The van der Waals surface area contributed by atoms with Gasteiger partial charge in [-0.3, -0.25) is 0 Å². The second kappa shape index (κ2) is 5.72. The molecule has 2 nitrogen and oxygen atoms in total. The lowest BCUT2D eigenvalue weighted by Gasteiger charge is -2.36. The number of nitrogens with two attached hydrogens (primary N) is 1. The Balaban J connectivity index is 2.29. The molecule has 1 heterocycles. The minimum Gasteiger partial charge on any atom is -0.327 e. The molecule has 0 bridgehead atoms. The summed E-state index contributed by atoms with van der Waals surface area (Å²) in [5.74, 6) is 1.62. The van der Waals surface area contributed by atoms with Gasteiger partial charge in [0.25, 0.3) is 0 Å². The van der Waals surface area contributed by atoms with Crippen molar-refractivity contribution in [1.82, 2.24) is 4.90 Å². The van der Waals surface area contributed by atoms with Crippen LogP contribution in [0.2, 0.25) is 0 Å². The third-order valence-corrected chi connectivity index (χ3v) is 3.12. The monoisotopic (exact) mass is 198 g/mol. The molecule has 3 unspecified atom stereocenters. The molecule has 1 fully saturated rings. The van der Waals surface area contributed by atoms with Crippen LogP contribution >= 0.6 is 0 Å². The predicted octanol–water partition coefficient (Wildman–Crippen LogP) is 2.09. The zero-order chi connectivity index (χ0) is 10.6. The van der Waals surface area contributed by atoms with Gasteiger partial charge in [-0.2, -0.15) is 0 Å². The summed E-state index contributed by atoms with van der Waals surface area (Å²) in [6, 6.07) is 0.410. The molecule has 14 heavy (non-hydrogen) atoms. The van der Waals surface area contributed by atoms with Crippen LogP contribution in [0.25, 0.3) is 0 Å². The lowest BCUT2D eigenvalue weighted by molar-refractivity contribution is 0.144. The molecule has 0 radical (unpaired) electrons. The fraction of sp³-hybridized carbons (Fsp3) is 1.00. The first-order valence-electron chi connectivity index (χ1n) is 6.09. The van der Waals surface area contributed by atoms with Crippen LogP contribution in [-0.4, -0.2) is 30.6 Å². The van der Waals surface area contributed by atoms with E-state index in [2.05, 4.69) is 25.7 Å². The minimum absolute atomic E-state index is 0.410. The highest BCUT2D eigenvalue weighted by atomic mass is 15.1. The van der Waals surface area contributed by atoms with Crippen molar-refractivity contribution in [3.8, 4) is 0 Å². The van der Waals surface area contributed by atoms with Gasteiger partial charge in [0.05, 0.1) is 0 Å². The summed E-state index contributed by atoms with van der Waals surface area (Å²) < 4.78 is 0. The number of piperidine rings is 1. The van der Waals surface area contributed by atoms with Gasteiger partial charge in [0, 0.05) is 25.7 Å². The maximum atomic E-state index is 6.02. The SMILES string of the molecule is CCCC(C)CN1CC(C)CC(N)C1. The maximum absolute atomic E-state index is 6.02. The van der Waals surface area contributed by atoms with Crippen LogP contribution in [0.1, 0.15) is 40.0 Å². The summed E-state index contributed by atoms with van der Waals surface area (Å²) in [6.07, 6.45) is 3.86. The van der Waals surface area contributed by atoms with E-state index in [9.17, 15) is 0 Å². The minimum atomic E-state index is 0.410. The van der Waals surface area contributed by atoms with Crippen LogP contribution in [0.3, 0.4) is 0 Å². The average Bonchev–Trinajstić information content (AvgIpc) is 2.01. The Morgan fingerprint density at radius 3 is 2.71 bits per heavy atom. The zero-order valence-corrected chi connectivity index (χ0v) is 10.00. The molecule has 0 aromatic heterocycles. The van der Waals surface area contributed by atoms with Crippen molar-refractivity contribution in [2.45, 2.75) is 46.1 Å². The summed E-state index contributed by atoms with van der Waals surface area (Å²) in [5, 5.41) is 0. The summed E-state index contributed by atoms with van der Waals surface area (Å²) in [5.41, 5.74) is 6.02. The van der Waals surface area contributed by atoms with Gasteiger partial charge in [-0.1, -0.05) is 27.2 Å². The van der Waals surface area contributed by atoms with Crippen molar-refractivity contribution >= 4 is 0 Å². The van der Waals surface area contributed by atoms with Gasteiger partial charge >= 0.3 is 0 Å². The smallest absolute Gasteiger partial charge is 0.0170 e. The molecule has 0 aliphatic carbocycles. The molecule has 1 rings (SSSR count). The number of nitrogens with zero attached hydrogens (tertiary/aromatic N) is 1. The fourth-order valence-electron chi connectivity index (χ4n) is 2.69. The van der Waals surface area contributed by atoms with Crippen LogP contribution in [0, 0.1) is 11.8 Å². The first-order valence-corrected chi connectivity index (χ1v) is 6.09. The summed E-state index contributed by atoms with van der Waals surface area (Å²) in [4.78, 5) is 2.55. The Morgan fingerprint density at radius 2 is 2.14 bits per heavy atom. The Bertz CT molecular complexity index is 148. The van der Waals surface area contributed by atoms with Crippen LogP contribution in [0.4, 0.5) is 0 Å². The molecule has 1 aliphatic heterocycles. The van der Waals surface area contributed by atoms with Gasteiger partial charge in [0.15, 0.2) is 0 Å². The molecule has 0 spiro atoms. The first-order chi connectivity index (χ1) is 6.61. The normalized spacial score (nSPS) is 31.7. The third-order valence-electron chi connectivity index (χ3n) is 3.12. The second-order valence-electron chi connectivity index (χ2n) is 5.21. The Morgan fingerprint density at radius 1 is 1.43 bits per heavy atom. The van der Waals surface area contributed by atoms with E-state index in [-0.39, 0.29) is 0 Å². The molecule has 84 valence electrons. The van der Waals surface area contributed by atoms with Crippen molar-refractivity contribution in [2.75, 3.05) is 19.6 Å². The van der Waals surface area contributed by atoms with E-state index in [4.69, 9.17) is 5.73 Å². The molecule has 0 saturated carbocycles. The highest BCUT2D eigenvalue weighted by Crippen LogP contribution is 2.17. The third kappa shape index (κ3) is 3.97. The molecule has 1 aliphatic rings. The van der Waals surface area contributed by atoms with Gasteiger partial charge in [-0.25, -0.2) is 0 Å². The molecule has 0 aromatic rings. The van der Waals surface area contributed by atoms with Crippen molar-refractivity contribution in [3.05, 3.63) is 0 Å². The van der Waals surface area contributed by atoms with Crippen molar-refractivity contribution in [1.29, 1.82) is 0 Å². The molecule has 0 aromatic carbocycles. The van der Waals surface area contributed by atoms with Crippen LogP contribution in [-0.2, 0) is 0 Å². The summed E-state index contributed by atoms with van der Waals surface area (Å²) in [6.45, 7) is 10.5. The van der Waals surface area contributed by atoms with E-state index < -0.39 is 0 Å². The van der Waals surface area contributed by atoms with Gasteiger partial charge in [-0.15, -0.1) is 0 Å². The topological polar surface area (TPSA) is 29.3 Å². The molecule has 3 atom stereocenters. The predicted molar refractivity (Wildman–Crippen MR) is 62.3 cm³/mol. The maximum Gasteiger partial charge on any atom is 0.0170 e. The number of hydrogen-bond acceptors (Lipinski definition) is 2. The highest BCUT2D eigenvalue weighted by Gasteiger charge is 2.22. The van der Waals surface area contributed by atoms with E-state index in [1.54, 1.807) is 0 Å². The Hall–Kier alpha value is -0.0800. The molecule has 1 saturated heterocycles. The largest absolute Gasteiger partial charge is 0.327 e. The van der Waals surface area contributed by atoms with Crippen molar-refractivity contribution < 1.29 is 0 Å². The van der Waals surface area contributed by atoms with Crippen LogP contribution < -0.4 is 5.73 Å². The van der Waals surface area contributed by atoms with Crippen molar-refractivity contribution in [2.24, 2.45) is 17.6 Å². The van der Waals surface area contributed by atoms with E-state index in [0.717, 1.165) is 18.4 Å². The number of hydrogen-bond donors (Lipinski definition) is 1. The van der Waals surface area contributed by atoms with Crippen LogP contribution in [0.5, 0.6) is 0 Å². The summed E-state index contributed by atoms with van der Waals surface area (Å²) in [7, 11) is 0. The standard InChI is InChI=1S/C12H26N2/c1-4-5-10(2)7-14-8-11(3)6-12(13)9-14/h10-12H,4-9,13H2,1-3H3. The van der Waals surface area contributed by atoms with Gasteiger partial charge < -0.3 is 10.6 Å². The molecular weight excluding hydrogens is 172 g/mol. The lowest BCUT2D eigenvalue weighted by Crippen LogP contribution is -2.47. The molecule has 0 amide bonds. The Kier molecular flexibility index (Phi) is 4.90. The second-order valence-corrected chi connectivity index (χ2v) is 5.21. The van der Waals surface area contributed by atoms with Crippen molar-refractivity contribution in [3.63, 3.8) is 0 Å². The quantitative estimate of drug-likeness (QED) is 0.749. The number of likely N-dealkylation sites (tertiary alicyclic amines) is 1. The van der Waals surface area contributed by atoms with Gasteiger partial charge in [0.2, 0.25) is 0 Å². The van der Waals surface area contributed by atoms with E-state index >= 15 is 0 Å². The van der Waals surface area contributed by atoms with Gasteiger partial charge in [-0.05, 0) is 24.7 Å². The highest BCUT2D eigenvalue weighted by molar-refractivity contribution is 4.79. The molecule has 2 N–H and O–H groups in total. The first kappa shape index (κ1) is 12.0. The molecule has 2 heteroatoms. The molecular formula is C12H26N2. The van der Waals surface area contributed by atoms with E-state index in [1.807, 2.05) is 0 Å². The fourth-order valence-corrected chi connectivity index (χ4v) is 2.69. The zero-order valence-electron chi connectivity index (χ0n) is 10.00. The van der Waals surface area contributed by atoms with E-state index in [0.29, 0.717) is 6.04 Å². The Labute approximate surface area is 88.8 Å².